The molecule has 3 aromatic heterocycles. The van der Waals surface area contributed by atoms with E-state index >= 15 is 0 Å². The van der Waals surface area contributed by atoms with Crippen molar-refractivity contribution >= 4 is 32.8 Å². The topological polar surface area (TPSA) is 35.9 Å². The van der Waals surface area contributed by atoms with Gasteiger partial charge in [-0.2, -0.15) is 18.2 Å². The SMILES string of the molecule is [2H]c1c([2H])c([2H])c(-c2ccc3c(c2)n(-c2[c-]c(Oc4[c-]c5c(cc4)c4ccccc4n5-c4cc(C(C)(C)C)ccn4)ccc2)[c-][n+]3-c2c(-c3c([2H])c(-c4c([2H])c([2H])c([2H])c([2H])c4[2H])c([2H])c(-c4c([2H])c([2H])c([2H])c([2H])c4[2H])c3[2H])cc(C(C)(C)C)cc2C(C)(C)C)c([2H])c1[2H].[Pt]. The van der Waals surface area contributed by atoms with Crippen LogP contribution < -0.4 is 9.30 Å². The van der Waals surface area contributed by atoms with Crippen LogP contribution in [0.1, 0.15) is 104 Å². The van der Waals surface area contributed by atoms with Crippen LogP contribution in [-0.2, 0) is 37.3 Å². The normalized spacial score (nSPS) is 15.3. The summed E-state index contributed by atoms with van der Waals surface area (Å²) in [7, 11) is 0. The maximum absolute atomic E-state index is 10.4. The Balaban J connectivity index is 0.00000936. The number of nitrogens with zero attached hydrogens (tertiary/aromatic N) is 4. The van der Waals surface area contributed by atoms with Crippen molar-refractivity contribution < 1.29 is 55.0 Å². The number of rotatable bonds is 9. The van der Waals surface area contributed by atoms with Crippen LogP contribution in [-0.4, -0.2) is 14.1 Å². The average molecular weight is 1210 g/mol. The third-order valence-corrected chi connectivity index (χ3v) is 13.6. The van der Waals surface area contributed by atoms with Crippen molar-refractivity contribution in [1.82, 2.24) is 14.1 Å². The van der Waals surface area contributed by atoms with Crippen LogP contribution in [0.2, 0.25) is 0 Å². The Morgan fingerprint density at radius 3 is 1.77 bits per heavy atom. The minimum Gasteiger partial charge on any atom is -0.510 e. The van der Waals surface area contributed by atoms with Gasteiger partial charge in [0.05, 0.1) is 41.4 Å². The number of pyridine rings is 1. The number of hydrogen-bond donors (Lipinski definition) is 0. The molecule has 0 N–H and O–H groups in total. The molecule has 0 aliphatic rings. The van der Waals surface area contributed by atoms with Crippen LogP contribution in [0.4, 0.5) is 0 Å². The van der Waals surface area contributed by atoms with E-state index in [4.69, 9.17) is 24.8 Å². The summed E-state index contributed by atoms with van der Waals surface area (Å²) >= 11 is 0. The maximum Gasteiger partial charge on any atom is 0.268 e. The summed E-state index contributed by atoms with van der Waals surface area (Å²) in [6.45, 7) is 18.1. The number of ether oxygens (including phenoxy) is 1. The Hall–Kier alpha value is -8.11. The number of hydrogen-bond acceptors (Lipinski definition) is 2. The quantitative estimate of drug-likeness (QED) is 0.107. The third kappa shape index (κ3) is 9.93. The monoisotopic (exact) mass is 1210 g/mol. The van der Waals surface area contributed by atoms with Gasteiger partial charge in [0.1, 0.15) is 5.82 Å². The second-order valence-electron chi connectivity index (χ2n) is 22.0. The van der Waals surface area contributed by atoms with E-state index in [1.807, 2.05) is 90.1 Å². The molecule has 0 aliphatic heterocycles. The summed E-state index contributed by atoms with van der Waals surface area (Å²) in [5, 5.41) is 1.89. The largest absolute Gasteiger partial charge is 0.510 e. The summed E-state index contributed by atoms with van der Waals surface area (Å²) in [6.07, 6.45) is 5.34. The van der Waals surface area contributed by atoms with E-state index in [-0.39, 0.29) is 60.2 Å². The second-order valence-corrected chi connectivity index (χ2v) is 22.0. The number of aromatic nitrogens is 4. The smallest absolute Gasteiger partial charge is 0.268 e. The summed E-state index contributed by atoms with van der Waals surface area (Å²) in [5.41, 5.74) is 1.09. The van der Waals surface area contributed by atoms with E-state index in [0.717, 1.165) is 21.9 Å². The standard InChI is InChI=1S/C72H62N4O.Pt/c1-70(2,3)55-36-37-73-68(44-55)76-64-31-20-19-30-60(64)61-34-33-59(46-66(61)76)77-58-29-21-28-57(45-58)74-47-75(65-35-32-51(41-67(65)74)48-22-13-10-14-23-48)69-62(42-56(71(4,5)6)43-63(69)72(7,8)9)54-39-52(49-24-15-11-16-25-49)38-53(40-54)50-26-17-12-18-27-50;/h10-44H,1-9H3;/q-2;/i10D,11D,12D,13D,14D,15D,16D,17D,18D,22D,23D,24D,25D,26D,27D,38D,39D,40D;. The van der Waals surface area contributed by atoms with Gasteiger partial charge >= 0.3 is 0 Å². The Kier molecular flexibility index (Phi) is 9.03. The van der Waals surface area contributed by atoms with Gasteiger partial charge in [0, 0.05) is 44.3 Å². The van der Waals surface area contributed by atoms with Gasteiger partial charge in [-0.15, -0.1) is 29.7 Å². The molecule has 5 nitrogen and oxygen atoms in total. The van der Waals surface area contributed by atoms with Gasteiger partial charge in [-0.25, -0.2) is 4.98 Å². The van der Waals surface area contributed by atoms with Crippen LogP contribution in [0.15, 0.2) is 212 Å². The predicted molar refractivity (Wildman–Crippen MR) is 318 cm³/mol. The molecule has 0 bridgehead atoms. The summed E-state index contributed by atoms with van der Waals surface area (Å²) in [6, 6.07) is 24.1. The van der Waals surface area contributed by atoms with Crippen LogP contribution in [0.25, 0.3) is 94.5 Å². The first-order chi connectivity index (χ1) is 44.5. The minimum atomic E-state index is -0.853. The number of para-hydroxylation sites is 1. The molecule has 0 amide bonds. The van der Waals surface area contributed by atoms with E-state index < -0.39 is 142 Å². The molecule has 3 heterocycles. The van der Waals surface area contributed by atoms with E-state index in [1.165, 1.54) is 0 Å². The molecule has 78 heavy (non-hydrogen) atoms. The average Bonchev–Trinajstić information content (AvgIpc) is 1.02. The molecule has 388 valence electrons. The molecule has 12 rings (SSSR count). The Labute approximate surface area is 499 Å². The molecule has 12 aromatic rings. The van der Waals surface area contributed by atoms with Crippen LogP contribution >= 0.6 is 0 Å². The van der Waals surface area contributed by atoms with Crippen molar-refractivity contribution in [2.45, 2.75) is 78.6 Å². The van der Waals surface area contributed by atoms with Gasteiger partial charge in [0.15, 0.2) is 0 Å². The van der Waals surface area contributed by atoms with Crippen molar-refractivity contribution in [2.24, 2.45) is 0 Å². The number of fused-ring (bicyclic) bond motifs is 4. The molecule has 0 unspecified atom stereocenters. The van der Waals surface area contributed by atoms with Crippen molar-refractivity contribution in [3.63, 3.8) is 0 Å². The molecule has 6 heteroatoms. The molecule has 0 radical (unpaired) electrons. The number of imidazole rings is 1. The fourth-order valence-corrected chi connectivity index (χ4v) is 9.60. The first-order valence-corrected chi connectivity index (χ1v) is 25.2. The van der Waals surface area contributed by atoms with E-state index in [1.54, 1.807) is 57.8 Å². The Morgan fingerprint density at radius 1 is 0.513 bits per heavy atom. The van der Waals surface area contributed by atoms with Crippen molar-refractivity contribution in [3.8, 4) is 73.2 Å². The van der Waals surface area contributed by atoms with Gasteiger partial charge < -0.3 is 13.9 Å². The van der Waals surface area contributed by atoms with Gasteiger partial charge in [-0.1, -0.05) is 201 Å². The third-order valence-electron chi connectivity index (χ3n) is 13.6. The molecule has 0 atom stereocenters. The van der Waals surface area contributed by atoms with Gasteiger partial charge in [-0.3, -0.25) is 4.57 Å². The molecule has 0 aliphatic carbocycles. The fourth-order valence-electron chi connectivity index (χ4n) is 9.60. The summed E-state index contributed by atoms with van der Waals surface area (Å²) in [4.78, 5) is 4.83. The van der Waals surface area contributed by atoms with Gasteiger partial charge in [0.25, 0.3) is 6.33 Å². The molecule has 0 saturated carbocycles. The molecule has 9 aromatic carbocycles. The van der Waals surface area contributed by atoms with Crippen LogP contribution in [0.5, 0.6) is 11.5 Å². The van der Waals surface area contributed by atoms with E-state index in [2.05, 4.69) is 49.9 Å². The maximum atomic E-state index is 10.4. The second kappa shape index (κ2) is 20.4. The van der Waals surface area contributed by atoms with Crippen molar-refractivity contribution in [1.29, 1.82) is 0 Å². The molecular formula is C72H62N4OPt-2. The van der Waals surface area contributed by atoms with E-state index in [0.29, 0.717) is 44.9 Å². The van der Waals surface area contributed by atoms with Crippen molar-refractivity contribution in [3.05, 3.63) is 247 Å². The van der Waals surface area contributed by atoms with E-state index in [9.17, 15) is 9.60 Å². The fraction of sp³-hybridized carbons (Fsp3) is 0.167. The zero-order valence-corrected chi connectivity index (χ0v) is 46.6. The molecule has 0 fully saturated rings. The summed E-state index contributed by atoms with van der Waals surface area (Å²) in [5.74, 6) is 1.26. The Morgan fingerprint density at radius 2 is 1.13 bits per heavy atom. The number of benzene rings is 9. The van der Waals surface area contributed by atoms with Gasteiger partial charge in [-0.05, 0) is 131 Å². The molecule has 0 saturated heterocycles. The minimum absolute atomic E-state index is 0. The zero-order chi connectivity index (χ0) is 68.9. The first-order valence-electron chi connectivity index (χ1n) is 34.2. The van der Waals surface area contributed by atoms with Gasteiger partial charge in [0.2, 0.25) is 0 Å². The Bertz CT molecular complexity index is 5110. The zero-order valence-electron chi connectivity index (χ0n) is 62.3. The molecule has 0 spiro atoms. The molecular weight excluding hydrogens is 1130 g/mol. The summed E-state index contributed by atoms with van der Waals surface area (Å²) < 4.78 is 176. The predicted octanol–water partition coefficient (Wildman–Crippen LogP) is 18.2. The first kappa shape index (κ1) is 34.6. The van der Waals surface area contributed by atoms with Crippen LogP contribution in [0, 0.1) is 18.5 Å². The van der Waals surface area contributed by atoms with Crippen molar-refractivity contribution in [2.75, 3.05) is 0 Å². The van der Waals surface area contributed by atoms with Crippen LogP contribution in [0.3, 0.4) is 0 Å².